The fraction of sp³-hybridized carbons (Fsp3) is 0.833. The molecule has 0 bridgehead atoms. The van der Waals surface area contributed by atoms with Crippen molar-refractivity contribution in [2.75, 3.05) is 18.1 Å². The average molecular weight is 287 g/mol. The molecule has 0 saturated carbocycles. The van der Waals surface area contributed by atoms with E-state index in [-0.39, 0.29) is 0 Å². The van der Waals surface area contributed by atoms with Crippen LogP contribution in [0.4, 0.5) is 0 Å². The van der Waals surface area contributed by atoms with Gasteiger partial charge in [-0.15, -0.1) is 11.8 Å². The van der Waals surface area contributed by atoms with Crippen molar-refractivity contribution in [3.05, 3.63) is 11.7 Å². The molecular formula is C12H21N3OS2. The van der Waals surface area contributed by atoms with Gasteiger partial charge in [0, 0.05) is 23.2 Å². The van der Waals surface area contributed by atoms with Crippen LogP contribution in [0.3, 0.4) is 0 Å². The summed E-state index contributed by atoms with van der Waals surface area (Å²) < 4.78 is 5.33. The minimum Gasteiger partial charge on any atom is -0.339 e. The SMILES string of the molecule is CC1SCCSC1c1noc(CCCCCN)n1. The van der Waals surface area contributed by atoms with E-state index >= 15 is 0 Å². The maximum Gasteiger partial charge on any atom is 0.226 e. The Morgan fingerprint density at radius 3 is 2.89 bits per heavy atom. The molecule has 0 amide bonds. The minimum absolute atomic E-state index is 0.394. The summed E-state index contributed by atoms with van der Waals surface area (Å²) in [5.74, 6) is 4.07. The van der Waals surface area contributed by atoms with Crippen molar-refractivity contribution in [3.63, 3.8) is 0 Å². The number of unbranched alkanes of at least 4 members (excludes halogenated alkanes) is 2. The zero-order valence-electron chi connectivity index (χ0n) is 10.8. The molecule has 102 valence electrons. The number of nitrogens with zero attached hydrogens (tertiary/aromatic N) is 2. The number of aryl methyl sites for hydroxylation is 1. The summed E-state index contributed by atoms with van der Waals surface area (Å²) in [4.78, 5) is 4.54. The third kappa shape index (κ3) is 3.90. The summed E-state index contributed by atoms with van der Waals surface area (Å²) in [6, 6.07) is 0. The van der Waals surface area contributed by atoms with Gasteiger partial charge in [0.2, 0.25) is 5.89 Å². The lowest BCUT2D eigenvalue weighted by Crippen LogP contribution is -2.16. The van der Waals surface area contributed by atoms with Crippen molar-refractivity contribution in [2.45, 2.75) is 43.1 Å². The topological polar surface area (TPSA) is 64.9 Å². The lowest BCUT2D eigenvalue weighted by molar-refractivity contribution is 0.368. The van der Waals surface area contributed by atoms with Crippen LogP contribution in [0.15, 0.2) is 4.52 Å². The Morgan fingerprint density at radius 2 is 2.11 bits per heavy atom. The number of hydrogen-bond acceptors (Lipinski definition) is 6. The number of aromatic nitrogens is 2. The maximum atomic E-state index is 5.47. The third-order valence-electron chi connectivity index (χ3n) is 3.02. The van der Waals surface area contributed by atoms with Crippen molar-refractivity contribution in [1.82, 2.24) is 10.1 Å². The first kappa shape index (κ1) is 14.2. The van der Waals surface area contributed by atoms with Crippen LogP contribution in [-0.2, 0) is 6.42 Å². The van der Waals surface area contributed by atoms with Crippen molar-refractivity contribution in [2.24, 2.45) is 5.73 Å². The van der Waals surface area contributed by atoms with E-state index in [9.17, 15) is 0 Å². The van der Waals surface area contributed by atoms with Crippen LogP contribution >= 0.6 is 23.5 Å². The molecule has 0 aliphatic carbocycles. The van der Waals surface area contributed by atoms with Crippen LogP contribution in [0.5, 0.6) is 0 Å². The van der Waals surface area contributed by atoms with E-state index in [1.165, 1.54) is 11.5 Å². The zero-order chi connectivity index (χ0) is 12.8. The Kier molecular flexibility index (Phi) is 5.85. The van der Waals surface area contributed by atoms with Crippen LogP contribution in [0, 0.1) is 0 Å². The van der Waals surface area contributed by atoms with Gasteiger partial charge in [-0.1, -0.05) is 18.5 Å². The molecule has 18 heavy (non-hydrogen) atoms. The smallest absolute Gasteiger partial charge is 0.226 e. The number of nitrogens with two attached hydrogens (primary N) is 1. The van der Waals surface area contributed by atoms with Crippen molar-refractivity contribution >= 4 is 23.5 Å². The van der Waals surface area contributed by atoms with Crippen LogP contribution in [0.25, 0.3) is 0 Å². The summed E-state index contributed by atoms with van der Waals surface area (Å²) in [7, 11) is 0. The highest BCUT2D eigenvalue weighted by Gasteiger charge is 2.28. The van der Waals surface area contributed by atoms with Gasteiger partial charge in [-0.2, -0.15) is 16.7 Å². The van der Waals surface area contributed by atoms with Crippen LogP contribution < -0.4 is 5.73 Å². The Balaban J connectivity index is 1.85. The molecule has 4 nitrogen and oxygen atoms in total. The van der Waals surface area contributed by atoms with Gasteiger partial charge in [0.15, 0.2) is 5.82 Å². The van der Waals surface area contributed by atoms with Gasteiger partial charge in [-0.05, 0) is 19.4 Å². The maximum absolute atomic E-state index is 5.47. The van der Waals surface area contributed by atoms with Crippen molar-refractivity contribution in [1.29, 1.82) is 0 Å². The Hall–Kier alpha value is -0.200. The molecule has 1 aromatic rings. The summed E-state index contributed by atoms with van der Waals surface area (Å²) in [6.07, 6.45) is 4.18. The molecule has 1 fully saturated rings. The highest BCUT2D eigenvalue weighted by molar-refractivity contribution is 8.06. The summed E-state index contributed by atoms with van der Waals surface area (Å²) in [6.45, 7) is 3.02. The minimum atomic E-state index is 0.394. The molecule has 2 N–H and O–H groups in total. The van der Waals surface area contributed by atoms with E-state index < -0.39 is 0 Å². The van der Waals surface area contributed by atoms with E-state index in [2.05, 4.69) is 17.1 Å². The third-order valence-corrected chi connectivity index (χ3v) is 6.11. The summed E-state index contributed by atoms with van der Waals surface area (Å²) in [5, 5.41) is 5.11. The monoisotopic (exact) mass is 287 g/mol. The second-order valence-corrected chi connectivity index (χ2v) is 7.25. The van der Waals surface area contributed by atoms with Gasteiger partial charge in [-0.3, -0.25) is 0 Å². The normalized spacial score (nSPS) is 24.3. The Labute approximate surface area is 117 Å². The number of rotatable bonds is 6. The first-order valence-corrected chi connectivity index (χ1v) is 8.66. The van der Waals surface area contributed by atoms with Crippen LogP contribution in [-0.4, -0.2) is 33.4 Å². The highest BCUT2D eigenvalue weighted by Crippen LogP contribution is 2.41. The zero-order valence-corrected chi connectivity index (χ0v) is 12.4. The first-order valence-electron chi connectivity index (χ1n) is 6.57. The van der Waals surface area contributed by atoms with Crippen molar-refractivity contribution in [3.8, 4) is 0 Å². The molecular weight excluding hydrogens is 266 g/mol. The fourth-order valence-electron chi connectivity index (χ4n) is 2.00. The largest absolute Gasteiger partial charge is 0.339 e. The van der Waals surface area contributed by atoms with E-state index in [4.69, 9.17) is 10.3 Å². The molecule has 0 radical (unpaired) electrons. The predicted molar refractivity (Wildman–Crippen MR) is 78.0 cm³/mol. The first-order chi connectivity index (χ1) is 8.81. The van der Waals surface area contributed by atoms with E-state index in [1.54, 1.807) is 0 Å². The molecule has 1 aromatic heterocycles. The molecule has 1 aliphatic rings. The molecule has 2 unspecified atom stereocenters. The number of hydrogen-bond donors (Lipinski definition) is 1. The summed E-state index contributed by atoms with van der Waals surface area (Å²) >= 11 is 3.95. The second-order valence-electron chi connectivity index (χ2n) is 4.51. The average Bonchev–Trinajstić information content (AvgIpc) is 2.84. The lowest BCUT2D eigenvalue weighted by atomic mass is 10.2. The van der Waals surface area contributed by atoms with E-state index in [1.807, 2.05) is 23.5 Å². The van der Waals surface area contributed by atoms with E-state index in [0.717, 1.165) is 43.9 Å². The van der Waals surface area contributed by atoms with Gasteiger partial charge < -0.3 is 10.3 Å². The molecule has 6 heteroatoms. The van der Waals surface area contributed by atoms with E-state index in [0.29, 0.717) is 10.5 Å². The molecule has 1 aliphatic heterocycles. The molecule has 0 spiro atoms. The van der Waals surface area contributed by atoms with Gasteiger partial charge in [0.25, 0.3) is 0 Å². The Morgan fingerprint density at radius 1 is 1.28 bits per heavy atom. The highest BCUT2D eigenvalue weighted by atomic mass is 32.2. The second kappa shape index (κ2) is 7.40. The molecule has 2 rings (SSSR count). The Bertz CT molecular complexity index is 359. The standard InChI is InChI=1S/C12H21N3OS2/c1-9-11(18-8-7-17-9)12-14-10(16-15-12)5-3-2-4-6-13/h9,11H,2-8,13H2,1H3. The van der Waals surface area contributed by atoms with Gasteiger partial charge in [0.05, 0.1) is 5.25 Å². The van der Waals surface area contributed by atoms with Gasteiger partial charge in [0.1, 0.15) is 0 Å². The quantitative estimate of drug-likeness (QED) is 0.811. The van der Waals surface area contributed by atoms with Crippen molar-refractivity contribution < 1.29 is 4.52 Å². The van der Waals surface area contributed by atoms with Gasteiger partial charge >= 0.3 is 0 Å². The fourth-order valence-corrected chi connectivity index (χ4v) is 4.68. The van der Waals surface area contributed by atoms with Gasteiger partial charge in [-0.25, -0.2) is 0 Å². The van der Waals surface area contributed by atoms with Crippen LogP contribution in [0.2, 0.25) is 0 Å². The molecule has 2 atom stereocenters. The molecule has 1 saturated heterocycles. The molecule has 0 aromatic carbocycles. The predicted octanol–water partition coefficient (Wildman–Crippen LogP) is 2.65. The van der Waals surface area contributed by atoms with Crippen LogP contribution in [0.1, 0.15) is 43.2 Å². The number of thioether (sulfide) groups is 2. The summed E-state index contributed by atoms with van der Waals surface area (Å²) in [5.41, 5.74) is 5.47. The molecule has 2 heterocycles. The lowest BCUT2D eigenvalue weighted by Gasteiger charge is -2.24.